The number of fused-ring (bicyclic) bond motifs is 4. The van der Waals surface area contributed by atoms with Gasteiger partial charge < -0.3 is 29.9 Å². The van der Waals surface area contributed by atoms with Crippen LogP contribution in [0.3, 0.4) is 0 Å². The Morgan fingerprint density at radius 2 is 1.77 bits per heavy atom. The van der Waals surface area contributed by atoms with E-state index in [0.29, 0.717) is 35.7 Å². The quantitative estimate of drug-likeness (QED) is 0.534. The number of nitrogens with one attached hydrogen (secondary N) is 2. The molecule has 2 bridgehead atoms. The van der Waals surface area contributed by atoms with E-state index in [1.807, 2.05) is 38.1 Å². The molecule has 3 N–H and O–H groups in total. The maximum atomic E-state index is 13.7. The standard InChI is InChI=1S/C26H34N4O5/c1-4-12-27-24(32)22-18(15-31)20-14-29-19(23(22)30(20)26(34)28-13-5-2)11-10-17(25(29)33)16-8-6-7-9-21(16)35-3/h6-11,18,20,22-23,31H,4-5,12-15H2,1-3H3,(H,27,32)(H,28,34)/t18-,20-,22+,23+/m0/s1. The molecule has 1 saturated heterocycles. The summed E-state index contributed by atoms with van der Waals surface area (Å²) in [4.78, 5) is 41.9. The van der Waals surface area contributed by atoms with Gasteiger partial charge in [0, 0.05) is 43.4 Å². The molecule has 4 atom stereocenters. The van der Waals surface area contributed by atoms with Crippen molar-refractivity contribution in [1.82, 2.24) is 20.1 Å². The van der Waals surface area contributed by atoms with Gasteiger partial charge >= 0.3 is 6.03 Å². The fourth-order valence-corrected chi connectivity index (χ4v) is 5.45. The molecule has 3 heterocycles. The molecule has 0 radical (unpaired) electrons. The van der Waals surface area contributed by atoms with Crippen LogP contribution in [-0.4, -0.2) is 59.4 Å². The van der Waals surface area contributed by atoms with Gasteiger partial charge in [0.25, 0.3) is 5.56 Å². The van der Waals surface area contributed by atoms with Crippen molar-refractivity contribution >= 4 is 11.9 Å². The number of nitrogens with zero attached hydrogens (tertiary/aromatic N) is 2. The predicted molar refractivity (Wildman–Crippen MR) is 132 cm³/mol. The minimum absolute atomic E-state index is 0.204. The SMILES string of the molecule is CCCNC(=O)[C@@H]1[C@@H](CO)[C@@H]2Cn3c(ccc(-c4ccccc4OC)c3=O)[C@H]1N2C(=O)NCCC. The number of hydrogen-bond acceptors (Lipinski definition) is 5. The maximum absolute atomic E-state index is 13.7. The number of aromatic nitrogens is 1. The molecule has 35 heavy (non-hydrogen) atoms. The van der Waals surface area contributed by atoms with Crippen LogP contribution in [0.2, 0.25) is 0 Å². The summed E-state index contributed by atoms with van der Waals surface area (Å²) in [5.41, 5.74) is 1.56. The Morgan fingerprint density at radius 1 is 1.06 bits per heavy atom. The van der Waals surface area contributed by atoms with Crippen molar-refractivity contribution in [3.63, 3.8) is 0 Å². The molecular formula is C26H34N4O5. The van der Waals surface area contributed by atoms with Crippen LogP contribution in [0.1, 0.15) is 38.4 Å². The zero-order valence-corrected chi connectivity index (χ0v) is 20.5. The maximum Gasteiger partial charge on any atom is 0.318 e. The first-order chi connectivity index (χ1) is 17.0. The monoisotopic (exact) mass is 482 g/mol. The van der Waals surface area contributed by atoms with Crippen LogP contribution in [0.25, 0.3) is 11.1 Å². The van der Waals surface area contributed by atoms with Gasteiger partial charge in [-0.25, -0.2) is 4.79 Å². The highest BCUT2D eigenvalue weighted by atomic mass is 16.5. The molecule has 1 aromatic heterocycles. The van der Waals surface area contributed by atoms with E-state index >= 15 is 0 Å². The lowest BCUT2D eigenvalue weighted by molar-refractivity contribution is -0.127. The lowest BCUT2D eigenvalue weighted by atomic mass is 9.86. The highest BCUT2D eigenvalue weighted by Crippen LogP contribution is 2.48. The second-order valence-electron chi connectivity index (χ2n) is 9.10. The second kappa shape index (κ2) is 10.5. The molecule has 4 rings (SSSR count). The topological polar surface area (TPSA) is 113 Å². The number of hydrogen-bond donors (Lipinski definition) is 3. The Morgan fingerprint density at radius 3 is 2.46 bits per heavy atom. The van der Waals surface area contributed by atoms with Crippen LogP contribution in [0.4, 0.5) is 4.79 Å². The summed E-state index contributed by atoms with van der Waals surface area (Å²) in [6.45, 7) is 4.89. The van der Waals surface area contributed by atoms with Crippen molar-refractivity contribution in [1.29, 1.82) is 0 Å². The number of aliphatic hydroxyl groups excluding tert-OH is 1. The third-order valence-corrected chi connectivity index (χ3v) is 7.05. The van der Waals surface area contributed by atoms with Gasteiger partial charge in [-0.3, -0.25) is 9.59 Å². The lowest BCUT2D eigenvalue weighted by Gasteiger charge is -2.38. The molecule has 0 saturated carbocycles. The number of para-hydroxylation sites is 1. The van der Waals surface area contributed by atoms with Gasteiger partial charge in [-0.1, -0.05) is 32.0 Å². The van der Waals surface area contributed by atoms with Crippen molar-refractivity contribution in [2.45, 2.75) is 45.3 Å². The number of carbonyl (C=O) groups excluding carboxylic acids is 2. The largest absolute Gasteiger partial charge is 0.496 e. The van der Waals surface area contributed by atoms with Crippen LogP contribution in [0.5, 0.6) is 5.75 Å². The first-order valence-corrected chi connectivity index (χ1v) is 12.3. The Kier molecular flexibility index (Phi) is 7.45. The number of methoxy groups -OCH3 is 1. The summed E-state index contributed by atoms with van der Waals surface area (Å²) in [7, 11) is 1.56. The molecule has 0 spiro atoms. The summed E-state index contributed by atoms with van der Waals surface area (Å²) in [5, 5.41) is 16.2. The molecule has 2 aromatic rings. The first kappa shape index (κ1) is 24.8. The molecule has 9 nitrogen and oxygen atoms in total. The number of aliphatic hydroxyl groups is 1. The van der Waals surface area contributed by atoms with Gasteiger partial charge in [0.15, 0.2) is 0 Å². The molecule has 2 aliphatic heterocycles. The van der Waals surface area contributed by atoms with Crippen molar-refractivity contribution in [2.24, 2.45) is 11.8 Å². The first-order valence-electron chi connectivity index (χ1n) is 12.3. The Bertz CT molecular complexity index is 1150. The highest BCUT2D eigenvalue weighted by Gasteiger charge is 2.57. The summed E-state index contributed by atoms with van der Waals surface area (Å²) in [6.07, 6.45) is 1.55. The minimum Gasteiger partial charge on any atom is -0.496 e. The minimum atomic E-state index is -0.658. The predicted octanol–water partition coefficient (Wildman–Crippen LogP) is 2.13. The van der Waals surface area contributed by atoms with Gasteiger partial charge in [0.1, 0.15) is 5.75 Å². The smallest absolute Gasteiger partial charge is 0.318 e. The zero-order chi connectivity index (χ0) is 25.1. The number of pyridine rings is 1. The normalized spacial score (nSPS) is 22.5. The summed E-state index contributed by atoms with van der Waals surface area (Å²) < 4.78 is 7.13. The van der Waals surface area contributed by atoms with Gasteiger partial charge in [0.05, 0.1) is 30.7 Å². The zero-order valence-electron chi connectivity index (χ0n) is 20.5. The lowest BCUT2D eigenvalue weighted by Crippen LogP contribution is -2.52. The van der Waals surface area contributed by atoms with Gasteiger partial charge in [-0.15, -0.1) is 0 Å². The molecule has 188 valence electrons. The van der Waals surface area contributed by atoms with E-state index in [1.54, 1.807) is 28.7 Å². The number of amides is 3. The summed E-state index contributed by atoms with van der Waals surface area (Å²) in [6, 6.07) is 9.47. The molecule has 0 aliphatic carbocycles. The highest BCUT2D eigenvalue weighted by molar-refractivity contribution is 5.84. The van der Waals surface area contributed by atoms with E-state index in [1.165, 1.54) is 0 Å². The Balaban J connectivity index is 1.84. The number of benzene rings is 1. The van der Waals surface area contributed by atoms with Crippen molar-refractivity contribution in [2.75, 3.05) is 26.8 Å². The van der Waals surface area contributed by atoms with E-state index in [9.17, 15) is 19.5 Å². The van der Waals surface area contributed by atoms with Gasteiger partial charge in [-0.2, -0.15) is 0 Å². The summed E-state index contributed by atoms with van der Waals surface area (Å²) >= 11 is 0. The molecule has 1 fully saturated rings. The number of ether oxygens (including phenoxy) is 1. The van der Waals surface area contributed by atoms with Crippen LogP contribution < -0.4 is 20.9 Å². The number of urea groups is 1. The van der Waals surface area contributed by atoms with Gasteiger partial charge in [0.2, 0.25) is 5.91 Å². The molecule has 1 aromatic carbocycles. The third kappa shape index (κ3) is 4.29. The van der Waals surface area contributed by atoms with Crippen LogP contribution in [-0.2, 0) is 11.3 Å². The van der Waals surface area contributed by atoms with Crippen LogP contribution >= 0.6 is 0 Å². The average Bonchev–Trinajstić information content (AvgIpc) is 3.12. The third-order valence-electron chi connectivity index (χ3n) is 7.05. The van der Waals surface area contributed by atoms with E-state index in [-0.39, 0.29) is 30.6 Å². The van der Waals surface area contributed by atoms with E-state index < -0.39 is 23.9 Å². The Labute approximate surface area is 205 Å². The van der Waals surface area contributed by atoms with E-state index in [2.05, 4.69) is 10.6 Å². The van der Waals surface area contributed by atoms with E-state index in [4.69, 9.17) is 4.74 Å². The fraction of sp³-hybridized carbons (Fsp3) is 0.500. The van der Waals surface area contributed by atoms with Crippen LogP contribution in [0, 0.1) is 11.8 Å². The van der Waals surface area contributed by atoms with Crippen molar-refractivity contribution in [3.05, 3.63) is 52.4 Å². The second-order valence-corrected chi connectivity index (χ2v) is 9.10. The summed E-state index contributed by atoms with van der Waals surface area (Å²) in [5.74, 6) is -0.761. The molecule has 2 aliphatic rings. The number of carbonyl (C=O) groups is 2. The molecule has 9 heteroatoms. The van der Waals surface area contributed by atoms with Crippen molar-refractivity contribution < 1.29 is 19.4 Å². The Hall–Kier alpha value is -3.33. The number of rotatable bonds is 8. The molecule has 3 amide bonds. The van der Waals surface area contributed by atoms with Crippen molar-refractivity contribution in [3.8, 4) is 16.9 Å². The fourth-order valence-electron chi connectivity index (χ4n) is 5.45. The van der Waals surface area contributed by atoms with Gasteiger partial charge in [-0.05, 0) is 31.0 Å². The van der Waals surface area contributed by atoms with Crippen LogP contribution in [0.15, 0.2) is 41.2 Å². The molecule has 0 unspecified atom stereocenters. The molecular weight excluding hydrogens is 448 g/mol. The van der Waals surface area contributed by atoms with E-state index in [0.717, 1.165) is 12.8 Å². The average molecular weight is 483 g/mol.